The number of thioether (sulfide) groups is 2. The van der Waals surface area contributed by atoms with Crippen molar-refractivity contribution in [1.29, 1.82) is 0 Å². The predicted octanol–water partition coefficient (Wildman–Crippen LogP) is 7.05. The molecule has 59 heavy (non-hydrogen) atoms. The monoisotopic (exact) mass is 877 g/mol. The van der Waals surface area contributed by atoms with Crippen LogP contribution in [0.15, 0.2) is 99.6 Å². The number of thiazole rings is 1. The van der Waals surface area contributed by atoms with Crippen molar-refractivity contribution in [2.24, 2.45) is 5.16 Å². The van der Waals surface area contributed by atoms with Gasteiger partial charge >= 0.3 is 12.1 Å². The fourth-order valence-electron chi connectivity index (χ4n) is 6.38. The number of rotatable bonds is 15. The normalized spacial score (nSPS) is 16.6. The van der Waals surface area contributed by atoms with Crippen molar-refractivity contribution in [2.75, 3.05) is 32.2 Å². The van der Waals surface area contributed by atoms with Gasteiger partial charge in [0.2, 0.25) is 0 Å². The molecule has 14 nitrogen and oxygen atoms in total. The lowest BCUT2D eigenvalue weighted by Gasteiger charge is -2.50. The number of nitrogens with zero attached hydrogens (tertiary/aromatic N) is 5. The summed E-state index contributed by atoms with van der Waals surface area (Å²) in [4.78, 5) is 72.9. The number of hydrogen-bond acceptors (Lipinski definition) is 14. The highest BCUT2D eigenvalue weighted by atomic mass is 35.5. The molecule has 2 aromatic heterocycles. The van der Waals surface area contributed by atoms with E-state index >= 15 is 0 Å². The highest BCUT2D eigenvalue weighted by Gasteiger charge is 2.54. The molecule has 1 saturated heterocycles. The number of esters is 1. The number of nitrogens with one attached hydrogen (secondary N) is 1. The Morgan fingerprint density at radius 3 is 2.37 bits per heavy atom. The first-order valence-electron chi connectivity index (χ1n) is 18.6. The van der Waals surface area contributed by atoms with Gasteiger partial charge in [0.15, 0.2) is 16.9 Å². The van der Waals surface area contributed by atoms with Gasteiger partial charge in [-0.3, -0.25) is 19.5 Å². The van der Waals surface area contributed by atoms with E-state index in [0.29, 0.717) is 35.8 Å². The van der Waals surface area contributed by atoms with Crippen molar-refractivity contribution in [2.45, 2.75) is 68.0 Å². The van der Waals surface area contributed by atoms with Gasteiger partial charge in [-0.2, -0.15) is 11.8 Å². The predicted molar refractivity (Wildman–Crippen MR) is 230 cm³/mol. The fraction of sp³-hybridized carbons (Fsp3) is 0.341. The van der Waals surface area contributed by atoms with E-state index < -0.39 is 47.7 Å². The van der Waals surface area contributed by atoms with Crippen molar-refractivity contribution in [3.63, 3.8) is 0 Å². The lowest BCUT2D eigenvalue weighted by Crippen LogP contribution is -2.72. The first-order chi connectivity index (χ1) is 28.3. The number of aromatic nitrogens is 2. The summed E-state index contributed by atoms with van der Waals surface area (Å²) in [6, 6.07) is 20.9. The number of benzene rings is 2. The summed E-state index contributed by atoms with van der Waals surface area (Å²) in [5.74, 6) is -0.770. The molecular formula is C41H44ClN7O7S3. The zero-order valence-electron chi connectivity index (χ0n) is 33.0. The van der Waals surface area contributed by atoms with Crippen LogP contribution >= 0.6 is 46.5 Å². The standard InChI is InChI=1S/C41H44ClN7O7S3/c1-41(2,3)56-40(53)48(4)21-22-57-23-26-28(17-12-20-44-26)58-29-19-18-27-30(45-36(50)32(47-54-5)31-35(42)59-39(43)46-31)37(51)49(27)33(29)38(52)55-34(24-13-8-6-9-14-24)25-15-10-7-11-16-25/h6-17,20,27,30,34H,18-19,21-23H2,1-5H3,(H2,43,46)(H,45,50)/t27-,30+/m1/s1. The van der Waals surface area contributed by atoms with E-state index in [2.05, 4.69) is 20.4 Å². The second kappa shape index (κ2) is 19.3. The number of anilines is 1. The van der Waals surface area contributed by atoms with Crippen LogP contribution in [0, 0.1) is 0 Å². The molecule has 0 radical (unpaired) electrons. The molecule has 0 bridgehead atoms. The van der Waals surface area contributed by atoms with Crippen LogP contribution in [0.2, 0.25) is 4.34 Å². The summed E-state index contributed by atoms with van der Waals surface area (Å²) in [5, 5.41) is 6.72. The van der Waals surface area contributed by atoms with Crippen LogP contribution in [0.1, 0.15) is 62.2 Å². The molecular weight excluding hydrogens is 834 g/mol. The third-order valence-electron chi connectivity index (χ3n) is 9.12. The number of carbonyl (C=O) groups is 4. The van der Waals surface area contributed by atoms with Crippen molar-refractivity contribution >= 4 is 81.2 Å². The number of pyridine rings is 1. The van der Waals surface area contributed by atoms with E-state index in [4.69, 9.17) is 31.6 Å². The molecule has 310 valence electrons. The number of amides is 3. The van der Waals surface area contributed by atoms with E-state index in [1.165, 1.54) is 23.8 Å². The van der Waals surface area contributed by atoms with E-state index in [1.807, 2.05) is 93.6 Å². The number of hydrogen-bond donors (Lipinski definition) is 2. The molecule has 0 spiro atoms. The zero-order chi connectivity index (χ0) is 42.3. The number of ether oxygens (including phenoxy) is 2. The minimum atomic E-state index is -0.989. The van der Waals surface area contributed by atoms with Crippen molar-refractivity contribution in [3.8, 4) is 0 Å². The zero-order valence-corrected chi connectivity index (χ0v) is 36.3. The van der Waals surface area contributed by atoms with E-state index in [9.17, 15) is 19.2 Å². The van der Waals surface area contributed by atoms with Gasteiger partial charge in [-0.05, 0) is 56.9 Å². The second-order valence-corrected chi connectivity index (χ2v) is 18.3. The largest absolute Gasteiger partial charge is 0.448 e. The summed E-state index contributed by atoms with van der Waals surface area (Å²) in [5.41, 5.74) is 7.40. The summed E-state index contributed by atoms with van der Waals surface area (Å²) in [7, 11) is 2.97. The van der Waals surface area contributed by atoms with Crippen LogP contribution in [0.3, 0.4) is 0 Å². The topological polar surface area (TPSA) is 179 Å². The molecule has 2 aromatic carbocycles. The molecule has 2 atom stereocenters. The first kappa shape index (κ1) is 43.5. The highest BCUT2D eigenvalue weighted by molar-refractivity contribution is 8.03. The van der Waals surface area contributed by atoms with Gasteiger partial charge in [-0.25, -0.2) is 14.6 Å². The summed E-state index contributed by atoms with van der Waals surface area (Å²) >= 11 is 10.2. The third-order valence-corrected chi connectivity index (χ3v) is 12.4. The van der Waals surface area contributed by atoms with E-state index in [0.717, 1.165) is 33.1 Å². The van der Waals surface area contributed by atoms with Gasteiger partial charge in [0.25, 0.3) is 11.8 Å². The Kier molecular flexibility index (Phi) is 14.2. The van der Waals surface area contributed by atoms with Gasteiger partial charge in [0.1, 0.15) is 34.5 Å². The average molecular weight is 878 g/mol. The number of carbonyl (C=O) groups excluding carboxylic acids is 4. The Hall–Kier alpha value is -5.10. The number of β-lactam (4-membered cyclic amide) rings is 1. The lowest BCUT2D eigenvalue weighted by atomic mass is 9.86. The van der Waals surface area contributed by atoms with Crippen LogP contribution in [-0.4, -0.2) is 93.5 Å². The van der Waals surface area contributed by atoms with Gasteiger partial charge in [-0.1, -0.05) is 101 Å². The molecule has 2 aliphatic rings. The summed E-state index contributed by atoms with van der Waals surface area (Å²) in [6.45, 7) is 5.95. The maximum Gasteiger partial charge on any atom is 0.410 e. The molecule has 4 aromatic rings. The highest BCUT2D eigenvalue weighted by Crippen LogP contribution is 2.45. The number of oxime groups is 1. The Bertz CT molecular complexity index is 2190. The van der Waals surface area contributed by atoms with Gasteiger partial charge in [-0.15, -0.1) is 0 Å². The van der Waals surface area contributed by atoms with Crippen molar-refractivity contribution < 1.29 is 33.5 Å². The number of halogens is 1. The van der Waals surface area contributed by atoms with Gasteiger partial charge < -0.3 is 30.3 Å². The number of allylic oxidation sites excluding steroid dienone is 1. The van der Waals surface area contributed by atoms with Crippen LogP contribution in [0.5, 0.6) is 0 Å². The SMILES string of the molecule is CON=C(C(=O)N[C@@H]1C(=O)N2C(C(=O)OC(c3ccccc3)c3ccccc3)=C(Sc3cccnc3CSCCN(C)C(=O)OC(C)(C)C)CC[C@H]12)c1nc(N)sc1Cl. The molecule has 2 aliphatic heterocycles. The molecule has 18 heteroatoms. The third kappa shape index (κ3) is 10.6. The maximum atomic E-state index is 14.6. The minimum absolute atomic E-state index is 0.0250. The average Bonchev–Trinajstić information content (AvgIpc) is 3.56. The Balaban J connectivity index is 1.27. The van der Waals surface area contributed by atoms with Crippen LogP contribution in [0.25, 0.3) is 0 Å². The molecule has 3 N–H and O–H groups in total. The number of nitrogen functional groups attached to an aromatic ring is 1. The van der Waals surface area contributed by atoms with Crippen molar-refractivity contribution in [3.05, 3.63) is 116 Å². The number of fused-ring (bicyclic) bond motifs is 1. The molecule has 4 heterocycles. The smallest absolute Gasteiger partial charge is 0.410 e. The van der Waals surface area contributed by atoms with Gasteiger partial charge in [0.05, 0.1) is 11.7 Å². The Morgan fingerprint density at radius 1 is 1.08 bits per heavy atom. The molecule has 3 amide bonds. The quantitative estimate of drug-likeness (QED) is 0.0410. The fourth-order valence-corrected chi connectivity index (χ4v) is 9.52. The molecule has 0 aliphatic carbocycles. The molecule has 0 unspecified atom stereocenters. The molecule has 1 fully saturated rings. The van der Waals surface area contributed by atoms with E-state index in [1.54, 1.807) is 29.9 Å². The first-order valence-corrected chi connectivity index (χ1v) is 21.8. The molecule has 6 rings (SSSR count). The molecule has 0 saturated carbocycles. The summed E-state index contributed by atoms with van der Waals surface area (Å²) < 4.78 is 12.0. The lowest BCUT2D eigenvalue weighted by molar-refractivity contribution is -0.158. The van der Waals surface area contributed by atoms with Crippen LogP contribution in [0.4, 0.5) is 9.93 Å². The Morgan fingerprint density at radius 2 is 1.76 bits per heavy atom. The number of nitrogens with two attached hydrogens (primary N) is 1. The van der Waals surface area contributed by atoms with E-state index in [-0.39, 0.29) is 26.6 Å². The van der Waals surface area contributed by atoms with Crippen molar-refractivity contribution in [1.82, 2.24) is 25.1 Å². The van der Waals surface area contributed by atoms with Gasteiger partial charge in [0, 0.05) is 41.1 Å². The summed E-state index contributed by atoms with van der Waals surface area (Å²) in [6.07, 6.45) is 1.36. The minimum Gasteiger partial charge on any atom is -0.448 e. The second-order valence-electron chi connectivity index (χ2n) is 14.4. The maximum absolute atomic E-state index is 14.6. The Labute approximate surface area is 359 Å². The van der Waals surface area contributed by atoms with Crippen LogP contribution in [-0.2, 0) is 34.4 Å². The van der Waals surface area contributed by atoms with Crippen LogP contribution < -0.4 is 11.1 Å².